The summed E-state index contributed by atoms with van der Waals surface area (Å²) in [6.07, 6.45) is -0.299. The van der Waals surface area contributed by atoms with Gasteiger partial charge in [0.15, 0.2) is 4.93 Å². The third kappa shape index (κ3) is 2.98. The van der Waals surface area contributed by atoms with Gasteiger partial charge in [-0.2, -0.15) is 8.42 Å². The van der Waals surface area contributed by atoms with Crippen LogP contribution in [0.5, 0.6) is 0 Å². The quantitative estimate of drug-likeness (QED) is 0.764. The van der Waals surface area contributed by atoms with Gasteiger partial charge in [-0.15, -0.1) is 0 Å². The maximum absolute atomic E-state index is 12.5. The van der Waals surface area contributed by atoms with Crippen LogP contribution in [0.25, 0.3) is 0 Å². The topological polar surface area (TPSA) is 74.6 Å². The van der Waals surface area contributed by atoms with Crippen LogP contribution < -0.4 is 0 Å². The van der Waals surface area contributed by atoms with Crippen LogP contribution in [0.3, 0.4) is 0 Å². The molecular formula is C9H11FO4S. The highest BCUT2D eigenvalue weighted by molar-refractivity contribution is 7.87. The van der Waals surface area contributed by atoms with Crippen LogP contribution in [0.1, 0.15) is 12.5 Å². The molecule has 0 aliphatic carbocycles. The van der Waals surface area contributed by atoms with Gasteiger partial charge in [0.05, 0.1) is 0 Å². The molecule has 0 bridgehead atoms. The lowest BCUT2D eigenvalue weighted by Crippen LogP contribution is -2.36. The first kappa shape index (κ1) is 12.1. The molecule has 1 aromatic rings. The van der Waals surface area contributed by atoms with Crippen molar-refractivity contribution in [1.29, 1.82) is 0 Å². The first-order chi connectivity index (χ1) is 6.72. The molecule has 0 heterocycles. The summed E-state index contributed by atoms with van der Waals surface area (Å²) in [6.45, 7) is 0.978. The molecule has 0 saturated carbocycles. The lowest BCUT2D eigenvalue weighted by atomic mass is 10.1. The van der Waals surface area contributed by atoms with E-state index < -0.39 is 20.9 Å². The number of hydrogen-bond acceptors (Lipinski definition) is 3. The number of halogens is 1. The van der Waals surface area contributed by atoms with Gasteiger partial charge in [0, 0.05) is 6.42 Å². The van der Waals surface area contributed by atoms with E-state index in [1.165, 1.54) is 12.1 Å². The molecule has 0 spiro atoms. The van der Waals surface area contributed by atoms with Crippen LogP contribution in [-0.2, 0) is 16.5 Å². The van der Waals surface area contributed by atoms with E-state index in [0.717, 1.165) is 19.1 Å². The monoisotopic (exact) mass is 234 g/mol. The molecule has 15 heavy (non-hydrogen) atoms. The largest absolute Gasteiger partial charge is 0.372 e. The molecule has 0 aliphatic rings. The second-order valence-electron chi connectivity index (χ2n) is 3.45. The molecule has 0 saturated heterocycles. The number of benzene rings is 1. The van der Waals surface area contributed by atoms with Crippen LogP contribution in [0, 0.1) is 5.82 Å². The second kappa shape index (κ2) is 3.88. The number of hydrogen-bond donors (Lipinski definition) is 2. The lowest BCUT2D eigenvalue weighted by Gasteiger charge is -2.19. The van der Waals surface area contributed by atoms with E-state index in [0.29, 0.717) is 5.56 Å². The Morgan fingerprint density at radius 3 is 2.20 bits per heavy atom. The summed E-state index contributed by atoms with van der Waals surface area (Å²) >= 11 is 0. The maximum Gasteiger partial charge on any atom is 0.295 e. The average molecular weight is 234 g/mol. The van der Waals surface area contributed by atoms with Crippen molar-refractivity contribution in [3.8, 4) is 0 Å². The summed E-state index contributed by atoms with van der Waals surface area (Å²) in [5, 5.41) is 9.44. The van der Waals surface area contributed by atoms with Gasteiger partial charge in [0.2, 0.25) is 0 Å². The summed E-state index contributed by atoms with van der Waals surface area (Å²) < 4.78 is 42.7. The molecule has 0 radical (unpaired) electrons. The Kier molecular flexibility index (Phi) is 3.13. The number of rotatable bonds is 3. The normalized spacial score (nSPS) is 16.0. The van der Waals surface area contributed by atoms with Gasteiger partial charge in [-0.05, 0) is 24.6 Å². The minimum Gasteiger partial charge on any atom is -0.372 e. The molecule has 1 unspecified atom stereocenters. The third-order valence-corrected chi connectivity index (χ3v) is 3.26. The van der Waals surface area contributed by atoms with Gasteiger partial charge < -0.3 is 5.11 Å². The van der Waals surface area contributed by atoms with Crippen molar-refractivity contribution in [2.75, 3.05) is 0 Å². The molecule has 6 heteroatoms. The molecule has 0 amide bonds. The predicted molar refractivity (Wildman–Crippen MR) is 52.3 cm³/mol. The van der Waals surface area contributed by atoms with Crippen LogP contribution in [-0.4, -0.2) is 23.0 Å². The summed E-state index contributed by atoms with van der Waals surface area (Å²) in [5.41, 5.74) is 0.416. The molecule has 0 aromatic heterocycles. The summed E-state index contributed by atoms with van der Waals surface area (Å²) in [6, 6.07) is 4.98. The van der Waals surface area contributed by atoms with Crippen molar-refractivity contribution in [2.45, 2.75) is 18.3 Å². The minimum absolute atomic E-state index is 0.299. The minimum atomic E-state index is -4.55. The van der Waals surface area contributed by atoms with Gasteiger partial charge in [-0.25, -0.2) is 4.39 Å². The Hall–Kier alpha value is -0.980. The van der Waals surface area contributed by atoms with Gasteiger partial charge in [-0.1, -0.05) is 12.1 Å². The first-order valence-electron chi connectivity index (χ1n) is 4.16. The van der Waals surface area contributed by atoms with Crippen molar-refractivity contribution in [3.63, 3.8) is 0 Å². The Labute approximate surface area is 87.1 Å². The van der Waals surface area contributed by atoms with Gasteiger partial charge in [0.1, 0.15) is 5.82 Å². The zero-order chi connectivity index (χ0) is 11.7. The van der Waals surface area contributed by atoms with E-state index in [2.05, 4.69) is 0 Å². The Balaban J connectivity index is 2.92. The van der Waals surface area contributed by atoms with Gasteiger partial charge >= 0.3 is 0 Å². The summed E-state index contributed by atoms with van der Waals surface area (Å²) in [7, 11) is -4.55. The van der Waals surface area contributed by atoms with Gasteiger partial charge in [-0.3, -0.25) is 4.55 Å². The van der Waals surface area contributed by atoms with E-state index in [-0.39, 0.29) is 6.42 Å². The maximum atomic E-state index is 12.5. The molecule has 84 valence electrons. The molecule has 2 N–H and O–H groups in total. The third-order valence-electron chi connectivity index (χ3n) is 2.00. The van der Waals surface area contributed by atoms with Gasteiger partial charge in [0.25, 0.3) is 10.1 Å². The predicted octanol–water partition coefficient (Wildman–Crippen LogP) is 0.965. The van der Waals surface area contributed by atoms with Crippen LogP contribution >= 0.6 is 0 Å². The molecule has 1 atom stereocenters. The Morgan fingerprint density at radius 2 is 1.80 bits per heavy atom. The van der Waals surface area contributed by atoms with E-state index in [9.17, 15) is 17.9 Å². The van der Waals surface area contributed by atoms with Crippen LogP contribution in [0.4, 0.5) is 4.39 Å². The van der Waals surface area contributed by atoms with Crippen LogP contribution in [0.2, 0.25) is 0 Å². The van der Waals surface area contributed by atoms with Crippen molar-refractivity contribution < 1.29 is 22.5 Å². The molecule has 1 rings (SSSR count). The SMILES string of the molecule is CC(O)(Cc1ccc(F)cc1)S(=O)(=O)O. The van der Waals surface area contributed by atoms with E-state index in [4.69, 9.17) is 4.55 Å². The molecular weight excluding hydrogens is 223 g/mol. The molecule has 0 aliphatic heterocycles. The zero-order valence-electron chi connectivity index (χ0n) is 8.01. The van der Waals surface area contributed by atoms with Crippen molar-refractivity contribution in [1.82, 2.24) is 0 Å². The standard InChI is InChI=1S/C9H11FO4S/c1-9(11,15(12,13)14)6-7-2-4-8(10)5-3-7/h2-5,11H,6H2,1H3,(H,12,13,14). The lowest BCUT2D eigenvalue weighted by molar-refractivity contribution is 0.132. The second-order valence-corrected chi connectivity index (χ2v) is 5.28. The van der Waals surface area contributed by atoms with E-state index in [1.807, 2.05) is 0 Å². The fourth-order valence-electron chi connectivity index (χ4n) is 1.07. The highest BCUT2D eigenvalue weighted by Crippen LogP contribution is 2.18. The Morgan fingerprint density at radius 1 is 1.33 bits per heavy atom. The first-order valence-corrected chi connectivity index (χ1v) is 5.60. The highest BCUT2D eigenvalue weighted by Gasteiger charge is 2.35. The fraction of sp³-hybridized carbons (Fsp3) is 0.333. The molecule has 0 fully saturated rings. The summed E-state index contributed by atoms with van der Waals surface area (Å²) in [4.78, 5) is -2.26. The van der Waals surface area contributed by atoms with Crippen molar-refractivity contribution in [3.05, 3.63) is 35.6 Å². The summed E-state index contributed by atoms with van der Waals surface area (Å²) in [5.74, 6) is -0.453. The average Bonchev–Trinajstić information content (AvgIpc) is 2.06. The Bertz CT molecular complexity index is 436. The highest BCUT2D eigenvalue weighted by atomic mass is 32.2. The fourth-order valence-corrected chi connectivity index (χ4v) is 1.42. The smallest absolute Gasteiger partial charge is 0.295 e. The van der Waals surface area contributed by atoms with Crippen molar-refractivity contribution >= 4 is 10.1 Å². The number of aliphatic hydroxyl groups is 1. The van der Waals surface area contributed by atoms with E-state index >= 15 is 0 Å². The zero-order valence-corrected chi connectivity index (χ0v) is 8.83. The van der Waals surface area contributed by atoms with Crippen LogP contribution in [0.15, 0.2) is 24.3 Å². The van der Waals surface area contributed by atoms with Crippen molar-refractivity contribution in [2.24, 2.45) is 0 Å². The molecule has 4 nitrogen and oxygen atoms in total. The van der Waals surface area contributed by atoms with E-state index in [1.54, 1.807) is 0 Å². The molecule has 1 aromatic carbocycles.